The minimum atomic E-state index is -0.397. The van der Waals surface area contributed by atoms with Crippen LogP contribution in [0.15, 0.2) is 137 Å². The smallest absolute Gasteiger partial charge is 0.343 e. The number of nitrogens with zero attached hydrogens (tertiary/aromatic N) is 1. The fraction of sp³-hybridized carbons (Fsp3) is 0.0882. The molecule has 38 heavy (non-hydrogen) atoms. The molecule has 4 heteroatoms. The Morgan fingerprint density at radius 3 is 1.97 bits per heavy atom. The van der Waals surface area contributed by atoms with Crippen molar-refractivity contribution in [2.24, 2.45) is 5.92 Å². The van der Waals surface area contributed by atoms with E-state index in [0.29, 0.717) is 11.3 Å². The first-order valence-corrected chi connectivity index (χ1v) is 13.3. The summed E-state index contributed by atoms with van der Waals surface area (Å²) in [5.41, 5.74) is 4.61. The number of para-hydroxylation sites is 2. The molecule has 0 aromatic heterocycles. The second-order valence-corrected chi connectivity index (χ2v) is 9.96. The molecule has 4 aromatic carbocycles. The van der Waals surface area contributed by atoms with Crippen molar-refractivity contribution in [3.63, 3.8) is 0 Å². The third-order valence-corrected chi connectivity index (χ3v) is 6.85. The second-order valence-electron chi connectivity index (χ2n) is 9.04. The first-order chi connectivity index (χ1) is 18.6. The zero-order valence-electron chi connectivity index (χ0n) is 20.9. The molecule has 1 unspecified atom stereocenters. The second kappa shape index (κ2) is 11.8. The van der Waals surface area contributed by atoms with E-state index in [1.807, 2.05) is 36.4 Å². The van der Waals surface area contributed by atoms with Crippen LogP contribution in [0.2, 0.25) is 0 Å². The molecule has 0 bridgehead atoms. The lowest BCUT2D eigenvalue weighted by Crippen LogP contribution is -2.35. The van der Waals surface area contributed by atoms with E-state index in [-0.39, 0.29) is 12.0 Å². The number of carbonyl (C=O) groups excluding carboxylic acids is 1. The van der Waals surface area contributed by atoms with Gasteiger partial charge in [0.15, 0.2) is 0 Å². The zero-order chi connectivity index (χ0) is 26.3. The van der Waals surface area contributed by atoms with Crippen molar-refractivity contribution in [3.05, 3.63) is 149 Å². The van der Waals surface area contributed by atoms with Gasteiger partial charge in [-0.3, -0.25) is 0 Å². The van der Waals surface area contributed by atoms with Crippen LogP contribution in [0.4, 0.5) is 11.4 Å². The summed E-state index contributed by atoms with van der Waals surface area (Å²) < 4.78 is 6.37. The molecular weight excluding hydrogens is 534 g/mol. The van der Waals surface area contributed by atoms with Gasteiger partial charge in [-0.25, -0.2) is 4.79 Å². The molecule has 4 aromatic rings. The Kier molecular flexibility index (Phi) is 7.87. The van der Waals surface area contributed by atoms with Crippen molar-refractivity contribution in [1.82, 2.24) is 0 Å². The van der Waals surface area contributed by atoms with E-state index in [1.54, 1.807) is 24.3 Å². The standard InChI is InChI=1S/C34H26BrNO2/c1-25-24-27(16-23-33(25)36(30-8-4-2-5-9-30)31-10-6-3-7-11-31)13-12-26-14-17-28(18-15-26)34(37)38-32-21-19-29(35)20-22-32/h2-11,14-25,33H,1H3/t25-,33?/m1/s1. The van der Waals surface area contributed by atoms with Crippen LogP contribution in [0.3, 0.4) is 0 Å². The molecule has 1 aliphatic rings. The van der Waals surface area contributed by atoms with Crippen LogP contribution in [0, 0.1) is 17.8 Å². The number of allylic oxidation sites excluding steroid dienone is 2. The van der Waals surface area contributed by atoms with E-state index in [0.717, 1.165) is 27.0 Å². The van der Waals surface area contributed by atoms with Crippen molar-refractivity contribution >= 4 is 33.3 Å². The van der Waals surface area contributed by atoms with E-state index in [1.165, 1.54) is 0 Å². The van der Waals surface area contributed by atoms with Gasteiger partial charge in [-0.2, -0.15) is 0 Å². The molecule has 3 nitrogen and oxygen atoms in total. The van der Waals surface area contributed by atoms with Gasteiger partial charge >= 0.3 is 5.97 Å². The molecule has 0 spiro atoms. The highest BCUT2D eigenvalue weighted by Gasteiger charge is 2.25. The summed E-state index contributed by atoms with van der Waals surface area (Å²) in [6.07, 6.45) is 6.55. The Hall–Kier alpha value is -4.33. The molecule has 1 aliphatic carbocycles. The summed E-state index contributed by atoms with van der Waals surface area (Å²) in [4.78, 5) is 14.8. The van der Waals surface area contributed by atoms with Crippen molar-refractivity contribution in [2.45, 2.75) is 13.0 Å². The maximum atomic E-state index is 12.5. The first kappa shape index (κ1) is 25.3. The maximum absolute atomic E-state index is 12.5. The summed E-state index contributed by atoms with van der Waals surface area (Å²) in [5, 5.41) is 0. The third-order valence-electron chi connectivity index (χ3n) is 6.32. The summed E-state index contributed by atoms with van der Waals surface area (Å²) in [6, 6.07) is 35.4. The molecule has 0 saturated heterocycles. The predicted molar refractivity (Wildman–Crippen MR) is 158 cm³/mol. The largest absolute Gasteiger partial charge is 0.423 e. The molecule has 2 atom stereocenters. The van der Waals surface area contributed by atoms with Crippen LogP contribution < -0.4 is 9.64 Å². The van der Waals surface area contributed by atoms with Crippen molar-refractivity contribution in [1.29, 1.82) is 0 Å². The van der Waals surface area contributed by atoms with Gasteiger partial charge in [0, 0.05) is 27.0 Å². The quantitative estimate of drug-likeness (QED) is 0.140. The van der Waals surface area contributed by atoms with Crippen LogP contribution in [0.25, 0.3) is 0 Å². The van der Waals surface area contributed by atoms with Gasteiger partial charge in [-0.05, 0) is 84.8 Å². The number of hydrogen-bond acceptors (Lipinski definition) is 3. The number of carbonyl (C=O) groups is 1. The van der Waals surface area contributed by atoms with Crippen LogP contribution >= 0.6 is 15.9 Å². The number of benzene rings is 4. The average Bonchev–Trinajstić information content (AvgIpc) is 2.96. The average molecular weight is 560 g/mol. The van der Waals surface area contributed by atoms with Crippen molar-refractivity contribution in [3.8, 4) is 17.6 Å². The lowest BCUT2D eigenvalue weighted by Gasteiger charge is -2.36. The number of rotatable bonds is 5. The van der Waals surface area contributed by atoms with E-state index in [4.69, 9.17) is 4.74 Å². The van der Waals surface area contributed by atoms with Gasteiger partial charge in [0.25, 0.3) is 0 Å². The minimum absolute atomic E-state index is 0.168. The fourth-order valence-electron chi connectivity index (χ4n) is 4.39. The van der Waals surface area contributed by atoms with E-state index < -0.39 is 5.97 Å². The minimum Gasteiger partial charge on any atom is -0.423 e. The maximum Gasteiger partial charge on any atom is 0.343 e. The van der Waals surface area contributed by atoms with Crippen LogP contribution in [-0.2, 0) is 0 Å². The summed E-state index contributed by atoms with van der Waals surface area (Å²) >= 11 is 3.38. The topological polar surface area (TPSA) is 29.5 Å². The highest BCUT2D eigenvalue weighted by atomic mass is 79.9. The molecule has 186 valence electrons. The molecule has 0 saturated carbocycles. The van der Waals surface area contributed by atoms with Crippen LogP contribution in [-0.4, -0.2) is 12.0 Å². The number of esters is 1. The summed E-state index contributed by atoms with van der Waals surface area (Å²) in [7, 11) is 0. The summed E-state index contributed by atoms with van der Waals surface area (Å²) in [5.74, 6) is 6.87. The molecular formula is C34H26BrNO2. The molecule has 0 radical (unpaired) electrons. The highest BCUT2D eigenvalue weighted by Crippen LogP contribution is 2.33. The monoisotopic (exact) mass is 559 g/mol. The highest BCUT2D eigenvalue weighted by molar-refractivity contribution is 9.10. The lowest BCUT2D eigenvalue weighted by molar-refractivity contribution is 0.0734. The van der Waals surface area contributed by atoms with Gasteiger partial charge in [-0.15, -0.1) is 0 Å². The Morgan fingerprint density at radius 2 is 1.39 bits per heavy atom. The number of hydrogen-bond donors (Lipinski definition) is 0. The predicted octanol–water partition coefficient (Wildman–Crippen LogP) is 8.36. The van der Waals surface area contributed by atoms with Crippen molar-refractivity contribution < 1.29 is 9.53 Å². The van der Waals surface area contributed by atoms with Gasteiger partial charge in [0.1, 0.15) is 5.75 Å². The van der Waals surface area contributed by atoms with E-state index in [2.05, 4.69) is 106 Å². The van der Waals surface area contributed by atoms with Crippen LogP contribution in [0.1, 0.15) is 22.8 Å². The molecule has 0 N–H and O–H groups in total. The van der Waals surface area contributed by atoms with Gasteiger partial charge in [-0.1, -0.05) is 83.2 Å². The van der Waals surface area contributed by atoms with Gasteiger partial charge < -0.3 is 9.64 Å². The van der Waals surface area contributed by atoms with Gasteiger partial charge in [0.05, 0.1) is 11.6 Å². The third kappa shape index (κ3) is 6.14. The zero-order valence-corrected chi connectivity index (χ0v) is 22.5. The number of ether oxygens (including phenoxy) is 1. The SMILES string of the molecule is C[C@@H]1C=C(C#Cc2ccc(C(=O)Oc3ccc(Br)cc3)cc2)C=CC1N(c1ccccc1)c1ccccc1. The molecule has 5 rings (SSSR count). The van der Waals surface area contributed by atoms with E-state index in [9.17, 15) is 4.79 Å². The fourth-order valence-corrected chi connectivity index (χ4v) is 4.66. The summed E-state index contributed by atoms with van der Waals surface area (Å²) in [6.45, 7) is 2.22. The first-order valence-electron chi connectivity index (χ1n) is 12.5. The molecule has 0 fully saturated rings. The number of halogens is 1. The van der Waals surface area contributed by atoms with Gasteiger partial charge in [0.2, 0.25) is 0 Å². The Balaban J connectivity index is 1.28. The Labute approximate surface area is 232 Å². The molecule has 0 heterocycles. The lowest BCUT2D eigenvalue weighted by atomic mass is 9.91. The Bertz CT molecular complexity index is 1470. The Morgan fingerprint density at radius 1 is 0.789 bits per heavy atom. The normalized spacial score (nSPS) is 16.1. The molecule has 0 amide bonds. The number of anilines is 2. The molecule has 0 aliphatic heterocycles. The van der Waals surface area contributed by atoms with E-state index >= 15 is 0 Å². The van der Waals surface area contributed by atoms with Crippen LogP contribution in [0.5, 0.6) is 5.75 Å². The van der Waals surface area contributed by atoms with Crippen molar-refractivity contribution in [2.75, 3.05) is 4.90 Å².